The largest absolute Gasteiger partial charge is 0.489 e. The number of ether oxygens (including phenoxy) is 1. The van der Waals surface area contributed by atoms with E-state index in [-0.39, 0.29) is 11.9 Å². The van der Waals surface area contributed by atoms with Crippen LogP contribution in [-0.4, -0.2) is 18.5 Å². The van der Waals surface area contributed by atoms with Crippen LogP contribution in [0.3, 0.4) is 0 Å². The molecule has 1 heterocycles. The minimum atomic E-state index is -0.0776. The number of carbonyl (C=O) groups is 1. The molecular weight excluding hydrogens is 312 g/mol. The number of carbonyl (C=O) groups excluding carboxylic acids is 1. The lowest BCUT2D eigenvalue weighted by Crippen LogP contribution is -2.35. The highest BCUT2D eigenvalue weighted by Gasteiger charge is 2.22. The molecule has 1 amide bonds. The van der Waals surface area contributed by atoms with Crippen LogP contribution in [0.4, 0.5) is 0 Å². The molecule has 2 aromatic rings. The summed E-state index contributed by atoms with van der Waals surface area (Å²) in [5.74, 6) is 0.886. The molecule has 0 bridgehead atoms. The van der Waals surface area contributed by atoms with E-state index in [0.29, 0.717) is 18.2 Å². The fourth-order valence-electron chi connectivity index (χ4n) is 2.51. The molecule has 0 spiro atoms. The highest BCUT2D eigenvalue weighted by Crippen LogP contribution is 2.19. The summed E-state index contributed by atoms with van der Waals surface area (Å²) in [6, 6.07) is 15.4. The summed E-state index contributed by atoms with van der Waals surface area (Å²) in [4.78, 5) is 11.5. The van der Waals surface area contributed by atoms with Crippen molar-refractivity contribution in [3.8, 4) is 5.75 Å². The minimum Gasteiger partial charge on any atom is -0.489 e. The molecule has 120 valence electrons. The first kappa shape index (κ1) is 15.8. The van der Waals surface area contributed by atoms with Gasteiger partial charge in [0.2, 0.25) is 5.91 Å². The summed E-state index contributed by atoms with van der Waals surface area (Å²) in [6.07, 6.45) is 0.845. The van der Waals surface area contributed by atoms with Gasteiger partial charge in [0.25, 0.3) is 0 Å². The standard InChI is InChI=1S/C18H19ClN2O2/c19-16-4-2-1-3-14(16)12-23-15-7-5-13(6-8-15)11-21-17-9-10-20-18(17)22/h1-8,17,21H,9-12H2,(H,20,22). The monoisotopic (exact) mass is 330 g/mol. The lowest BCUT2D eigenvalue weighted by Gasteiger charge is -2.11. The fourth-order valence-corrected chi connectivity index (χ4v) is 2.70. The Labute approximate surface area is 140 Å². The van der Waals surface area contributed by atoms with E-state index < -0.39 is 0 Å². The molecule has 0 radical (unpaired) electrons. The maximum Gasteiger partial charge on any atom is 0.237 e. The van der Waals surface area contributed by atoms with Gasteiger partial charge in [0.15, 0.2) is 0 Å². The van der Waals surface area contributed by atoms with Crippen LogP contribution >= 0.6 is 11.6 Å². The van der Waals surface area contributed by atoms with Crippen molar-refractivity contribution in [3.05, 3.63) is 64.7 Å². The van der Waals surface area contributed by atoms with Crippen LogP contribution in [0.1, 0.15) is 17.5 Å². The van der Waals surface area contributed by atoms with E-state index in [0.717, 1.165) is 29.8 Å². The van der Waals surface area contributed by atoms with E-state index in [2.05, 4.69) is 10.6 Å². The van der Waals surface area contributed by atoms with Crippen LogP contribution in [-0.2, 0) is 17.9 Å². The van der Waals surface area contributed by atoms with Gasteiger partial charge in [-0.2, -0.15) is 0 Å². The minimum absolute atomic E-state index is 0.0776. The second-order valence-corrected chi connectivity index (χ2v) is 5.94. The Morgan fingerprint density at radius 3 is 2.65 bits per heavy atom. The fraction of sp³-hybridized carbons (Fsp3) is 0.278. The molecule has 1 aliphatic heterocycles. The Kier molecular flexibility index (Phi) is 5.16. The van der Waals surface area contributed by atoms with E-state index >= 15 is 0 Å². The summed E-state index contributed by atoms with van der Waals surface area (Å²) in [5, 5.41) is 6.79. The van der Waals surface area contributed by atoms with E-state index in [1.807, 2.05) is 48.5 Å². The molecule has 1 atom stereocenters. The Hall–Kier alpha value is -2.04. The summed E-state index contributed by atoms with van der Waals surface area (Å²) >= 11 is 6.11. The SMILES string of the molecule is O=C1NCCC1NCc1ccc(OCc2ccccc2Cl)cc1. The molecule has 2 N–H and O–H groups in total. The highest BCUT2D eigenvalue weighted by atomic mass is 35.5. The number of hydrogen-bond donors (Lipinski definition) is 2. The molecule has 1 unspecified atom stereocenters. The van der Waals surface area contributed by atoms with Crippen molar-refractivity contribution in [2.45, 2.75) is 25.6 Å². The van der Waals surface area contributed by atoms with Gasteiger partial charge < -0.3 is 15.4 Å². The van der Waals surface area contributed by atoms with Gasteiger partial charge in [-0.15, -0.1) is 0 Å². The predicted octanol–water partition coefficient (Wildman–Crippen LogP) is 2.90. The van der Waals surface area contributed by atoms with Crippen LogP contribution in [0.25, 0.3) is 0 Å². The van der Waals surface area contributed by atoms with Crippen molar-refractivity contribution >= 4 is 17.5 Å². The van der Waals surface area contributed by atoms with Gasteiger partial charge in [-0.1, -0.05) is 41.9 Å². The molecule has 1 aliphatic rings. The lowest BCUT2D eigenvalue weighted by molar-refractivity contribution is -0.120. The maximum atomic E-state index is 11.5. The Morgan fingerprint density at radius 2 is 1.96 bits per heavy atom. The molecule has 0 aromatic heterocycles. The van der Waals surface area contributed by atoms with Gasteiger partial charge in [-0.05, 0) is 30.2 Å². The molecule has 1 fully saturated rings. The van der Waals surface area contributed by atoms with E-state index in [4.69, 9.17) is 16.3 Å². The molecule has 2 aromatic carbocycles. The van der Waals surface area contributed by atoms with Crippen molar-refractivity contribution in [1.29, 1.82) is 0 Å². The number of halogens is 1. The van der Waals surface area contributed by atoms with E-state index in [1.54, 1.807) is 0 Å². The number of benzene rings is 2. The molecule has 0 saturated carbocycles. The summed E-state index contributed by atoms with van der Waals surface area (Å²) in [7, 11) is 0. The summed E-state index contributed by atoms with van der Waals surface area (Å²) in [5.41, 5.74) is 2.09. The Morgan fingerprint density at radius 1 is 1.17 bits per heavy atom. The quantitative estimate of drug-likeness (QED) is 0.856. The Bertz CT molecular complexity index is 673. The van der Waals surface area contributed by atoms with Gasteiger partial charge in [0.05, 0.1) is 6.04 Å². The van der Waals surface area contributed by atoms with Crippen molar-refractivity contribution in [1.82, 2.24) is 10.6 Å². The zero-order chi connectivity index (χ0) is 16.1. The van der Waals surface area contributed by atoms with Gasteiger partial charge in [0, 0.05) is 23.7 Å². The highest BCUT2D eigenvalue weighted by molar-refractivity contribution is 6.31. The summed E-state index contributed by atoms with van der Waals surface area (Å²) < 4.78 is 5.75. The average molecular weight is 331 g/mol. The molecule has 5 heteroatoms. The number of hydrogen-bond acceptors (Lipinski definition) is 3. The van der Waals surface area contributed by atoms with Crippen molar-refractivity contribution in [2.24, 2.45) is 0 Å². The zero-order valence-electron chi connectivity index (χ0n) is 12.7. The smallest absolute Gasteiger partial charge is 0.237 e. The second kappa shape index (κ2) is 7.49. The zero-order valence-corrected chi connectivity index (χ0v) is 13.5. The van der Waals surface area contributed by atoms with Gasteiger partial charge in [-0.3, -0.25) is 4.79 Å². The van der Waals surface area contributed by atoms with E-state index in [1.165, 1.54) is 0 Å². The molecular formula is C18H19ClN2O2. The van der Waals surface area contributed by atoms with E-state index in [9.17, 15) is 4.79 Å². The number of amides is 1. The Balaban J connectivity index is 1.51. The second-order valence-electron chi connectivity index (χ2n) is 5.54. The summed E-state index contributed by atoms with van der Waals surface area (Å²) in [6.45, 7) is 1.87. The predicted molar refractivity (Wildman–Crippen MR) is 90.5 cm³/mol. The average Bonchev–Trinajstić information content (AvgIpc) is 2.98. The topological polar surface area (TPSA) is 50.4 Å². The van der Waals surface area contributed by atoms with Crippen LogP contribution in [0, 0.1) is 0 Å². The number of nitrogens with one attached hydrogen (secondary N) is 2. The van der Waals surface area contributed by atoms with Crippen molar-refractivity contribution < 1.29 is 9.53 Å². The van der Waals surface area contributed by atoms with Crippen LogP contribution in [0.5, 0.6) is 5.75 Å². The third-order valence-electron chi connectivity index (χ3n) is 3.88. The molecule has 23 heavy (non-hydrogen) atoms. The van der Waals surface area contributed by atoms with Gasteiger partial charge >= 0.3 is 0 Å². The van der Waals surface area contributed by atoms with Crippen molar-refractivity contribution in [2.75, 3.05) is 6.54 Å². The normalized spacial score (nSPS) is 17.1. The van der Waals surface area contributed by atoms with Gasteiger partial charge in [0.1, 0.15) is 12.4 Å². The molecule has 4 nitrogen and oxygen atoms in total. The van der Waals surface area contributed by atoms with Crippen LogP contribution < -0.4 is 15.4 Å². The molecule has 1 saturated heterocycles. The first-order valence-electron chi connectivity index (χ1n) is 7.68. The third-order valence-corrected chi connectivity index (χ3v) is 4.25. The lowest BCUT2D eigenvalue weighted by atomic mass is 10.2. The van der Waals surface area contributed by atoms with Crippen molar-refractivity contribution in [3.63, 3.8) is 0 Å². The van der Waals surface area contributed by atoms with Crippen LogP contribution in [0.15, 0.2) is 48.5 Å². The van der Waals surface area contributed by atoms with Gasteiger partial charge in [-0.25, -0.2) is 0 Å². The first-order chi connectivity index (χ1) is 11.2. The maximum absolute atomic E-state index is 11.5. The first-order valence-corrected chi connectivity index (χ1v) is 8.06. The molecule has 0 aliphatic carbocycles. The molecule has 3 rings (SSSR count). The van der Waals surface area contributed by atoms with Crippen LogP contribution in [0.2, 0.25) is 5.02 Å². The number of rotatable bonds is 6. The third kappa shape index (κ3) is 4.24.